The van der Waals surface area contributed by atoms with Crippen LogP contribution in [-0.2, 0) is 14.8 Å². The summed E-state index contributed by atoms with van der Waals surface area (Å²) in [7, 11) is 0.212. The summed E-state index contributed by atoms with van der Waals surface area (Å²) in [5, 5.41) is 4.36. The molecular weight excluding hydrogens is 350 g/mol. The van der Waals surface area contributed by atoms with Gasteiger partial charge in [-0.2, -0.15) is 0 Å². The second-order valence-electron chi connectivity index (χ2n) is 6.37. The Hall–Kier alpha value is -2.12. The minimum absolute atomic E-state index is 0.0492. The van der Waals surface area contributed by atoms with Gasteiger partial charge in [0.2, 0.25) is 15.9 Å². The number of benzene rings is 2. The van der Waals surface area contributed by atoms with Crippen LogP contribution in [0.4, 0.5) is 5.69 Å². The van der Waals surface area contributed by atoms with E-state index in [4.69, 9.17) is 0 Å². The lowest BCUT2D eigenvalue weighted by Crippen LogP contribution is -2.28. The highest BCUT2D eigenvalue weighted by Gasteiger charge is 2.18. The van der Waals surface area contributed by atoms with E-state index in [1.54, 1.807) is 12.1 Å². The predicted octanol–water partition coefficient (Wildman–Crippen LogP) is 2.49. The molecule has 2 rings (SSSR count). The maximum Gasteiger partial charge on any atom is 0.241 e. The third-order valence-corrected chi connectivity index (χ3v) is 5.59. The fourth-order valence-corrected chi connectivity index (χ4v) is 4.07. The van der Waals surface area contributed by atoms with Crippen molar-refractivity contribution in [3.8, 4) is 0 Å². The van der Waals surface area contributed by atoms with Crippen molar-refractivity contribution in [1.82, 2.24) is 10.0 Å². The Labute approximate surface area is 155 Å². The van der Waals surface area contributed by atoms with E-state index >= 15 is 0 Å². The number of amides is 1. The molecule has 0 unspecified atom stereocenters. The van der Waals surface area contributed by atoms with E-state index in [1.807, 2.05) is 50.2 Å². The Morgan fingerprint density at radius 1 is 1.04 bits per heavy atom. The van der Waals surface area contributed by atoms with Crippen molar-refractivity contribution in [2.75, 3.05) is 32.1 Å². The summed E-state index contributed by atoms with van der Waals surface area (Å²) in [5.74, 6) is -0.0492. The van der Waals surface area contributed by atoms with Crippen molar-refractivity contribution in [1.29, 1.82) is 0 Å². The number of nitrogens with zero attached hydrogens (tertiary/aromatic N) is 1. The van der Waals surface area contributed by atoms with Crippen LogP contribution < -0.4 is 14.9 Å². The molecule has 0 aliphatic rings. The number of carbonyl (C=O) groups excluding carboxylic acids is 1. The zero-order chi connectivity index (χ0) is 19.2. The lowest BCUT2D eigenvalue weighted by molar-refractivity contribution is -0.121. The van der Waals surface area contributed by atoms with E-state index in [0.29, 0.717) is 24.8 Å². The molecule has 0 bridgehead atoms. The van der Waals surface area contributed by atoms with Gasteiger partial charge in [-0.25, -0.2) is 13.1 Å². The molecule has 142 valence electrons. The Balaban J connectivity index is 2.12. The van der Waals surface area contributed by atoms with Crippen LogP contribution in [0.5, 0.6) is 0 Å². The summed E-state index contributed by atoms with van der Waals surface area (Å²) in [6.45, 7) is 2.86. The normalized spacial score (nSPS) is 11.5. The van der Waals surface area contributed by atoms with Crippen molar-refractivity contribution < 1.29 is 13.2 Å². The van der Waals surface area contributed by atoms with Crippen LogP contribution in [0.3, 0.4) is 0 Å². The van der Waals surface area contributed by atoms with Crippen LogP contribution >= 0.6 is 0 Å². The quantitative estimate of drug-likeness (QED) is 0.658. The molecule has 2 N–H and O–H groups in total. The van der Waals surface area contributed by atoms with Crippen molar-refractivity contribution in [3.63, 3.8) is 0 Å². The van der Waals surface area contributed by atoms with Crippen LogP contribution in [-0.4, -0.2) is 41.5 Å². The Morgan fingerprint density at radius 2 is 1.73 bits per heavy atom. The van der Waals surface area contributed by atoms with Gasteiger partial charge in [0.25, 0.3) is 0 Å². The molecule has 0 aliphatic carbocycles. The van der Waals surface area contributed by atoms with Gasteiger partial charge >= 0.3 is 0 Å². The maximum atomic E-state index is 12.7. The first-order chi connectivity index (χ1) is 12.4. The van der Waals surface area contributed by atoms with E-state index in [-0.39, 0.29) is 17.3 Å². The number of anilines is 1. The van der Waals surface area contributed by atoms with Gasteiger partial charge in [-0.1, -0.05) is 31.2 Å². The van der Waals surface area contributed by atoms with Crippen LogP contribution in [0.1, 0.15) is 26.2 Å². The van der Waals surface area contributed by atoms with Crippen LogP contribution in [0.25, 0.3) is 10.8 Å². The van der Waals surface area contributed by atoms with Gasteiger partial charge in [0.15, 0.2) is 0 Å². The predicted molar refractivity (Wildman–Crippen MR) is 106 cm³/mol. The van der Waals surface area contributed by atoms with Crippen LogP contribution in [0, 0.1) is 0 Å². The highest BCUT2D eigenvalue weighted by molar-refractivity contribution is 7.89. The van der Waals surface area contributed by atoms with E-state index in [0.717, 1.165) is 17.5 Å². The summed E-state index contributed by atoms with van der Waals surface area (Å²) >= 11 is 0. The number of hydrogen-bond acceptors (Lipinski definition) is 4. The van der Waals surface area contributed by atoms with Gasteiger partial charge in [-0.15, -0.1) is 0 Å². The molecule has 0 spiro atoms. The smallest absolute Gasteiger partial charge is 0.241 e. The molecular formula is C19H27N3O3S. The lowest BCUT2D eigenvalue weighted by atomic mass is 10.1. The minimum Gasteiger partial charge on any atom is -0.377 e. The summed E-state index contributed by atoms with van der Waals surface area (Å²) < 4.78 is 28.0. The molecule has 0 atom stereocenters. The molecule has 0 radical (unpaired) electrons. The van der Waals surface area contributed by atoms with Gasteiger partial charge in [-0.05, 0) is 25.0 Å². The van der Waals surface area contributed by atoms with Crippen LogP contribution in [0.15, 0.2) is 41.3 Å². The average molecular weight is 378 g/mol. The molecule has 0 saturated carbocycles. The number of nitrogens with one attached hydrogen (secondary N) is 2. The monoisotopic (exact) mass is 377 g/mol. The van der Waals surface area contributed by atoms with Crippen LogP contribution in [0.2, 0.25) is 0 Å². The highest BCUT2D eigenvalue weighted by Crippen LogP contribution is 2.30. The number of hydrogen-bond donors (Lipinski definition) is 2. The standard InChI is InChI=1S/C19H27N3O3S/c1-4-13-20-19(23)12-7-14-21-26(24,25)18-11-6-8-15-16(18)9-5-10-17(15)22(2)3/h5-6,8-11,21H,4,7,12-14H2,1-3H3,(H,20,23). The molecule has 0 heterocycles. The molecule has 0 saturated heterocycles. The van der Waals surface area contributed by atoms with E-state index < -0.39 is 10.0 Å². The molecule has 0 aromatic heterocycles. The van der Waals surface area contributed by atoms with Gasteiger partial charge in [0.1, 0.15) is 0 Å². The number of rotatable bonds is 9. The first-order valence-electron chi connectivity index (χ1n) is 8.82. The zero-order valence-corrected chi connectivity index (χ0v) is 16.4. The molecule has 2 aromatic carbocycles. The second-order valence-corrected chi connectivity index (χ2v) is 8.11. The summed E-state index contributed by atoms with van der Waals surface area (Å²) in [6, 6.07) is 10.9. The SMILES string of the molecule is CCCNC(=O)CCCNS(=O)(=O)c1cccc2c(N(C)C)cccc12. The largest absolute Gasteiger partial charge is 0.377 e. The van der Waals surface area contributed by atoms with Crippen molar-refractivity contribution >= 4 is 32.4 Å². The number of sulfonamides is 1. The van der Waals surface area contributed by atoms with E-state index in [9.17, 15) is 13.2 Å². The fraction of sp³-hybridized carbons (Fsp3) is 0.421. The summed E-state index contributed by atoms with van der Waals surface area (Å²) in [4.78, 5) is 13.8. The first kappa shape index (κ1) is 20.2. The van der Waals surface area contributed by atoms with Gasteiger partial charge < -0.3 is 10.2 Å². The summed E-state index contributed by atoms with van der Waals surface area (Å²) in [5.41, 5.74) is 0.965. The molecule has 7 heteroatoms. The second kappa shape index (κ2) is 9.00. The van der Waals surface area contributed by atoms with Gasteiger partial charge in [0.05, 0.1) is 4.90 Å². The fourth-order valence-electron chi connectivity index (χ4n) is 2.77. The van der Waals surface area contributed by atoms with Crippen molar-refractivity contribution in [2.45, 2.75) is 31.1 Å². The van der Waals surface area contributed by atoms with E-state index in [1.165, 1.54) is 0 Å². The third-order valence-electron chi connectivity index (χ3n) is 4.08. The Bertz CT molecular complexity index is 863. The number of fused-ring (bicyclic) bond motifs is 1. The Kier molecular flexibility index (Phi) is 6.99. The molecule has 0 fully saturated rings. The zero-order valence-electron chi connectivity index (χ0n) is 15.6. The molecule has 1 amide bonds. The molecule has 26 heavy (non-hydrogen) atoms. The highest BCUT2D eigenvalue weighted by atomic mass is 32.2. The third kappa shape index (κ3) is 4.95. The molecule has 0 aliphatic heterocycles. The van der Waals surface area contributed by atoms with E-state index in [2.05, 4.69) is 10.0 Å². The van der Waals surface area contributed by atoms with Crippen molar-refractivity contribution in [3.05, 3.63) is 36.4 Å². The van der Waals surface area contributed by atoms with Gasteiger partial charge in [0, 0.05) is 50.1 Å². The summed E-state index contributed by atoms with van der Waals surface area (Å²) in [6.07, 6.45) is 1.65. The Morgan fingerprint density at radius 3 is 2.42 bits per heavy atom. The topological polar surface area (TPSA) is 78.5 Å². The molecule has 2 aromatic rings. The lowest BCUT2D eigenvalue weighted by Gasteiger charge is -2.17. The van der Waals surface area contributed by atoms with Gasteiger partial charge in [-0.3, -0.25) is 4.79 Å². The number of carbonyl (C=O) groups is 1. The first-order valence-corrected chi connectivity index (χ1v) is 10.3. The minimum atomic E-state index is -3.64. The maximum absolute atomic E-state index is 12.7. The average Bonchev–Trinajstić information content (AvgIpc) is 2.62. The molecule has 6 nitrogen and oxygen atoms in total. The van der Waals surface area contributed by atoms with Crippen molar-refractivity contribution in [2.24, 2.45) is 0 Å².